The lowest BCUT2D eigenvalue weighted by Gasteiger charge is -2.18. The smallest absolute Gasteiger partial charge is 0.203 e. The Hall–Kier alpha value is -2.56. The fourth-order valence-electron chi connectivity index (χ4n) is 5.83. The Morgan fingerprint density at radius 3 is 1.32 bits per heavy atom. The lowest BCUT2D eigenvalue weighted by atomic mass is 10.1. The topological polar surface area (TPSA) is 52.9 Å². The number of hydrogen-bond acceptors (Lipinski definition) is 5. The van der Waals surface area contributed by atoms with Crippen LogP contribution >= 0.6 is 0 Å². The quantitative estimate of drug-likeness (QED) is 0.0584. The zero-order chi connectivity index (χ0) is 33.5. The number of aromatic nitrogens is 1. The molecule has 47 heavy (non-hydrogen) atoms. The molecule has 0 aliphatic rings. The van der Waals surface area contributed by atoms with E-state index in [2.05, 4.69) is 25.8 Å². The first-order valence-electron chi connectivity index (χ1n) is 19.8. The normalized spacial score (nSPS) is 11.4. The van der Waals surface area contributed by atoms with E-state index >= 15 is 0 Å². The summed E-state index contributed by atoms with van der Waals surface area (Å²) in [5, 5.41) is 0. The van der Waals surface area contributed by atoms with Crippen molar-refractivity contribution in [3.05, 3.63) is 42.2 Å². The number of benzene rings is 1. The molecular weight excluding hydrogens is 580 g/mol. The summed E-state index contributed by atoms with van der Waals surface area (Å²) in [6, 6.07) is 9.88. The van der Waals surface area contributed by atoms with Crippen molar-refractivity contribution in [2.45, 2.75) is 175 Å². The second-order valence-electron chi connectivity index (χ2n) is 13.3. The Kier molecular flexibility index (Phi) is 25.6. The third kappa shape index (κ3) is 21.1. The van der Waals surface area contributed by atoms with Gasteiger partial charge in [-0.15, -0.1) is 0 Å². The zero-order valence-corrected chi connectivity index (χ0v) is 30.8. The maximum absolute atomic E-state index is 6.48. The second kappa shape index (κ2) is 29.6. The SMILES string of the molecule is CCCCCCCCCCOc1cc(N=Cc2ccccn2)cc(OCCCCCCCCCC)c1OCCCCCCCCCC. The number of nitrogens with zero attached hydrogens (tertiary/aromatic N) is 2. The molecule has 0 saturated heterocycles. The van der Waals surface area contributed by atoms with Crippen LogP contribution in [-0.2, 0) is 0 Å². The van der Waals surface area contributed by atoms with Gasteiger partial charge in [-0.25, -0.2) is 0 Å². The van der Waals surface area contributed by atoms with Gasteiger partial charge in [-0.05, 0) is 31.4 Å². The Balaban J connectivity index is 2.06. The first kappa shape index (κ1) is 40.6. The number of rotatable bonds is 32. The predicted molar refractivity (Wildman–Crippen MR) is 202 cm³/mol. The predicted octanol–water partition coefficient (Wildman–Crippen LogP) is 13.4. The van der Waals surface area contributed by atoms with Crippen LogP contribution in [0.1, 0.15) is 181 Å². The zero-order valence-electron chi connectivity index (χ0n) is 30.8. The van der Waals surface area contributed by atoms with E-state index in [1.165, 1.54) is 135 Å². The van der Waals surface area contributed by atoms with Crippen LogP contribution in [0.25, 0.3) is 0 Å². The lowest BCUT2D eigenvalue weighted by Crippen LogP contribution is -2.06. The first-order chi connectivity index (χ1) is 23.3. The molecule has 0 N–H and O–H groups in total. The van der Waals surface area contributed by atoms with E-state index in [9.17, 15) is 0 Å². The van der Waals surface area contributed by atoms with Gasteiger partial charge in [0.25, 0.3) is 0 Å². The summed E-state index contributed by atoms with van der Waals surface area (Å²) >= 11 is 0. The third-order valence-corrected chi connectivity index (χ3v) is 8.79. The molecule has 0 aliphatic carbocycles. The van der Waals surface area contributed by atoms with Gasteiger partial charge >= 0.3 is 0 Å². The molecule has 0 amide bonds. The third-order valence-electron chi connectivity index (χ3n) is 8.79. The second-order valence-corrected chi connectivity index (χ2v) is 13.3. The fourth-order valence-corrected chi connectivity index (χ4v) is 5.83. The van der Waals surface area contributed by atoms with Crippen molar-refractivity contribution in [2.75, 3.05) is 19.8 Å². The molecule has 5 nitrogen and oxygen atoms in total. The summed E-state index contributed by atoms with van der Waals surface area (Å²) in [5.41, 5.74) is 1.62. The highest BCUT2D eigenvalue weighted by Crippen LogP contribution is 2.42. The number of ether oxygens (including phenoxy) is 3. The fraction of sp³-hybridized carbons (Fsp3) is 0.714. The highest BCUT2D eigenvalue weighted by Gasteiger charge is 2.16. The van der Waals surface area contributed by atoms with Crippen LogP contribution in [-0.4, -0.2) is 31.0 Å². The number of aliphatic imine (C=N–C) groups is 1. The van der Waals surface area contributed by atoms with Crippen LogP contribution in [0.2, 0.25) is 0 Å². The Morgan fingerprint density at radius 1 is 0.511 bits per heavy atom. The van der Waals surface area contributed by atoms with E-state index in [1.54, 1.807) is 12.4 Å². The van der Waals surface area contributed by atoms with Gasteiger partial charge in [0, 0.05) is 18.3 Å². The van der Waals surface area contributed by atoms with Crippen LogP contribution in [0, 0.1) is 0 Å². The molecular formula is C42H70N2O3. The molecule has 0 fully saturated rings. The van der Waals surface area contributed by atoms with E-state index < -0.39 is 0 Å². The van der Waals surface area contributed by atoms with Crippen molar-refractivity contribution >= 4 is 11.9 Å². The minimum atomic E-state index is 0.674. The van der Waals surface area contributed by atoms with Crippen LogP contribution < -0.4 is 14.2 Å². The van der Waals surface area contributed by atoms with E-state index in [0.29, 0.717) is 19.8 Å². The summed E-state index contributed by atoms with van der Waals surface area (Å²) in [5.74, 6) is 2.23. The van der Waals surface area contributed by atoms with E-state index in [1.807, 2.05) is 30.3 Å². The molecule has 2 rings (SSSR count). The molecule has 0 atom stereocenters. The summed E-state index contributed by atoms with van der Waals surface area (Å²) in [4.78, 5) is 9.18. The van der Waals surface area contributed by atoms with Crippen molar-refractivity contribution in [3.63, 3.8) is 0 Å². The van der Waals surface area contributed by atoms with Crippen LogP contribution in [0.15, 0.2) is 41.5 Å². The Morgan fingerprint density at radius 2 is 0.915 bits per heavy atom. The molecule has 0 aliphatic heterocycles. The van der Waals surface area contributed by atoms with Crippen molar-refractivity contribution in [3.8, 4) is 17.2 Å². The number of pyridine rings is 1. The molecule has 0 saturated carbocycles. The number of unbranched alkanes of at least 4 members (excludes halogenated alkanes) is 21. The summed E-state index contributed by atoms with van der Waals surface area (Å²) in [6.07, 6.45) is 34.2. The van der Waals surface area contributed by atoms with Gasteiger partial charge < -0.3 is 14.2 Å². The molecule has 1 aromatic carbocycles. The average Bonchev–Trinajstić information content (AvgIpc) is 3.09. The Labute approximate surface area is 289 Å². The molecule has 0 unspecified atom stereocenters. The number of hydrogen-bond donors (Lipinski definition) is 0. The lowest BCUT2D eigenvalue weighted by molar-refractivity contribution is 0.234. The van der Waals surface area contributed by atoms with Gasteiger partial charge in [-0.3, -0.25) is 9.98 Å². The molecule has 0 bridgehead atoms. The van der Waals surface area contributed by atoms with Gasteiger partial charge in [0.1, 0.15) is 0 Å². The maximum atomic E-state index is 6.48. The van der Waals surface area contributed by atoms with Crippen molar-refractivity contribution < 1.29 is 14.2 Å². The first-order valence-corrected chi connectivity index (χ1v) is 19.8. The Bertz CT molecular complexity index is 967. The van der Waals surface area contributed by atoms with Crippen LogP contribution in [0.4, 0.5) is 5.69 Å². The van der Waals surface area contributed by atoms with E-state index in [4.69, 9.17) is 19.2 Å². The molecule has 1 aromatic heterocycles. The minimum absolute atomic E-state index is 0.674. The molecule has 1 heterocycles. The summed E-state index contributed by atoms with van der Waals surface area (Å²) < 4.78 is 19.4. The van der Waals surface area contributed by atoms with Crippen molar-refractivity contribution in [2.24, 2.45) is 4.99 Å². The molecule has 0 radical (unpaired) electrons. The van der Waals surface area contributed by atoms with Gasteiger partial charge in [-0.1, -0.05) is 162 Å². The molecule has 266 valence electrons. The summed E-state index contributed by atoms with van der Waals surface area (Å²) in [6.45, 7) is 8.85. The molecule has 5 heteroatoms. The van der Waals surface area contributed by atoms with E-state index in [-0.39, 0.29) is 0 Å². The summed E-state index contributed by atoms with van der Waals surface area (Å²) in [7, 11) is 0. The minimum Gasteiger partial charge on any atom is -0.489 e. The van der Waals surface area contributed by atoms with Gasteiger partial charge in [0.05, 0.1) is 37.4 Å². The van der Waals surface area contributed by atoms with Crippen molar-refractivity contribution in [1.82, 2.24) is 4.98 Å². The van der Waals surface area contributed by atoms with Crippen LogP contribution in [0.5, 0.6) is 17.2 Å². The molecule has 2 aromatic rings. The standard InChI is InChI=1S/C42H70N2O3/c1-4-7-10-13-16-19-22-27-32-45-40-35-39(44-37-38-30-25-26-31-43-38)36-41(46-33-28-23-20-17-14-11-8-5-2)42(40)47-34-29-24-21-18-15-12-9-6-3/h25-26,30-31,35-37H,4-24,27-29,32-34H2,1-3H3. The van der Waals surface area contributed by atoms with Gasteiger partial charge in [-0.2, -0.15) is 0 Å². The molecule has 0 spiro atoms. The highest BCUT2D eigenvalue weighted by atomic mass is 16.5. The van der Waals surface area contributed by atoms with Gasteiger partial charge in [0.15, 0.2) is 11.5 Å². The van der Waals surface area contributed by atoms with Crippen molar-refractivity contribution in [1.29, 1.82) is 0 Å². The highest BCUT2D eigenvalue weighted by molar-refractivity contribution is 5.80. The van der Waals surface area contributed by atoms with Crippen LogP contribution in [0.3, 0.4) is 0 Å². The average molecular weight is 651 g/mol. The largest absolute Gasteiger partial charge is 0.489 e. The maximum Gasteiger partial charge on any atom is 0.203 e. The van der Waals surface area contributed by atoms with E-state index in [0.717, 1.165) is 47.9 Å². The van der Waals surface area contributed by atoms with Gasteiger partial charge in [0.2, 0.25) is 5.75 Å². The monoisotopic (exact) mass is 651 g/mol.